The summed E-state index contributed by atoms with van der Waals surface area (Å²) in [5.41, 5.74) is 2.16. The summed E-state index contributed by atoms with van der Waals surface area (Å²) in [5.74, 6) is 0.534. The number of nitrogens with one attached hydrogen (secondary N) is 2. The Morgan fingerprint density at radius 3 is 2.11 bits per heavy atom. The summed E-state index contributed by atoms with van der Waals surface area (Å²) >= 11 is 6.93. The Balaban J connectivity index is 1.76. The minimum absolute atomic E-state index is 0.111. The zero-order valence-electron chi connectivity index (χ0n) is 15.6. The SMILES string of the molecule is CC(C)C(=O)n1nc(NCc2cccc(Br)c2)nc1NCc1cccc(Br)c1. The van der Waals surface area contributed by atoms with Gasteiger partial charge in [-0.15, -0.1) is 5.10 Å². The molecule has 0 fully saturated rings. The number of halogens is 2. The molecule has 0 bridgehead atoms. The first-order valence-electron chi connectivity index (χ1n) is 8.90. The van der Waals surface area contributed by atoms with Crippen LogP contribution in [0.1, 0.15) is 29.8 Å². The van der Waals surface area contributed by atoms with Gasteiger partial charge in [-0.2, -0.15) is 9.67 Å². The zero-order valence-corrected chi connectivity index (χ0v) is 18.8. The molecule has 1 heterocycles. The van der Waals surface area contributed by atoms with E-state index < -0.39 is 0 Å². The maximum absolute atomic E-state index is 12.5. The van der Waals surface area contributed by atoms with Crippen LogP contribution in [0.4, 0.5) is 11.9 Å². The van der Waals surface area contributed by atoms with Gasteiger partial charge in [-0.05, 0) is 35.4 Å². The molecule has 0 radical (unpaired) electrons. The van der Waals surface area contributed by atoms with Crippen molar-refractivity contribution in [3.05, 3.63) is 68.6 Å². The van der Waals surface area contributed by atoms with E-state index in [1.165, 1.54) is 4.68 Å². The third kappa shape index (κ3) is 5.42. The number of hydrogen-bond donors (Lipinski definition) is 2. The summed E-state index contributed by atoms with van der Waals surface area (Å²) < 4.78 is 3.35. The van der Waals surface area contributed by atoms with Crippen LogP contribution in [0.15, 0.2) is 57.5 Å². The number of anilines is 2. The van der Waals surface area contributed by atoms with Gasteiger partial charge in [0.2, 0.25) is 11.9 Å². The van der Waals surface area contributed by atoms with Crippen LogP contribution in [0.2, 0.25) is 0 Å². The molecule has 28 heavy (non-hydrogen) atoms. The highest BCUT2D eigenvalue weighted by Crippen LogP contribution is 2.17. The maximum atomic E-state index is 12.5. The molecule has 0 amide bonds. The molecule has 0 aliphatic rings. The van der Waals surface area contributed by atoms with Crippen LogP contribution >= 0.6 is 31.9 Å². The van der Waals surface area contributed by atoms with Crippen molar-refractivity contribution in [3.63, 3.8) is 0 Å². The Morgan fingerprint density at radius 2 is 1.57 bits per heavy atom. The molecule has 0 unspecified atom stereocenters. The van der Waals surface area contributed by atoms with E-state index in [2.05, 4.69) is 52.6 Å². The summed E-state index contributed by atoms with van der Waals surface area (Å²) in [4.78, 5) is 17.0. The van der Waals surface area contributed by atoms with Crippen LogP contribution in [0, 0.1) is 5.92 Å². The largest absolute Gasteiger partial charge is 0.350 e. The van der Waals surface area contributed by atoms with Crippen molar-refractivity contribution in [1.82, 2.24) is 14.8 Å². The van der Waals surface area contributed by atoms with Gasteiger partial charge in [0.05, 0.1) is 0 Å². The monoisotopic (exact) mass is 505 g/mol. The van der Waals surface area contributed by atoms with Crippen molar-refractivity contribution >= 4 is 49.7 Å². The molecule has 3 rings (SSSR count). The third-order valence-electron chi connectivity index (χ3n) is 3.99. The van der Waals surface area contributed by atoms with Gasteiger partial charge in [0.1, 0.15) is 0 Å². The molecule has 0 spiro atoms. The Bertz CT molecular complexity index is 971. The molecule has 0 aliphatic carbocycles. The first-order valence-corrected chi connectivity index (χ1v) is 10.5. The normalized spacial score (nSPS) is 10.9. The number of hydrogen-bond acceptors (Lipinski definition) is 5. The van der Waals surface area contributed by atoms with Crippen molar-refractivity contribution in [3.8, 4) is 0 Å². The number of carbonyl (C=O) groups excluding carboxylic acids is 1. The lowest BCUT2D eigenvalue weighted by atomic mass is 10.2. The van der Waals surface area contributed by atoms with Gasteiger partial charge in [0.25, 0.3) is 5.91 Å². The Morgan fingerprint density at radius 1 is 1.00 bits per heavy atom. The Kier molecular flexibility index (Phi) is 6.85. The summed E-state index contributed by atoms with van der Waals surface area (Å²) in [7, 11) is 0. The molecular weight excluding hydrogens is 486 g/mol. The molecule has 2 N–H and O–H groups in total. The Hall–Kier alpha value is -2.19. The molecule has 8 heteroatoms. The first kappa shape index (κ1) is 20.5. The average molecular weight is 507 g/mol. The average Bonchev–Trinajstić information content (AvgIpc) is 3.07. The first-order chi connectivity index (χ1) is 13.4. The second-order valence-electron chi connectivity index (χ2n) is 6.63. The summed E-state index contributed by atoms with van der Waals surface area (Å²) in [5, 5.41) is 10.8. The van der Waals surface area contributed by atoms with Crippen LogP contribution in [-0.2, 0) is 13.1 Å². The molecule has 0 atom stereocenters. The van der Waals surface area contributed by atoms with E-state index in [-0.39, 0.29) is 11.8 Å². The molecular formula is C20H21Br2N5O. The van der Waals surface area contributed by atoms with Crippen LogP contribution < -0.4 is 10.6 Å². The number of aromatic nitrogens is 3. The smallest absolute Gasteiger partial charge is 0.252 e. The fraction of sp³-hybridized carbons (Fsp3) is 0.250. The lowest BCUT2D eigenvalue weighted by molar-refractivity contribution is 0.0841. The van der Waals surface area contributed by atoms with E-state index in [9.17, 15) is 4.79 Å². The van der Waals surface area contributed by atoms with Crippen LogP contribution in [-0.4, -0.2) is 20.7 Å². The van der Waals surface area contributed by atoms with E-state index in [0.29, 0.717) is 25.0 Å². The third-order valence-corrected chi connectivity index (χ3v) is 4.98. The van der Waals surface area contributed by atoms with Crippen molar-refractivity contribution < 1.29 is 4.79 Å². The van der Waals surface area contributed by atoms with Crippen LogP contribution in [0.5, 0.6) is 0 Å². The van der Waals surface area contributed by atoms with E-state index in [0.717, 1.165) is 20.1 Å². The fourth-order valence-electron chi connectivity index (χ4n) is 2.56. The molecule has 0 saturated carbocycles. The van der Waals surface area contributed by atoms with E-state index in [1.807, 2.05) is 62.4 Å². The fourth-order valence-corrected chi connectivity index (χ4v) is 3.45. The van der Waals surface area contributed by atoms with Gasteiger partial charge >= 0.3 is 0 Å². The highest BCUT2D eigenvalue weighted by molar-refractivity contribution is 9.10. The maximum Gasteiger partial charge on any atom is 0.252 e. The van der Waals surface area contributed by atoms with Crippen LogP contribution in [0.25, 0.3) is 0 Å². The van der Waals surface area contributed by atoms with Gasteiger partial charge in [-0.25, -0.2) is 0 Å². The predicted octanol–water partition coefficient (Wildman–Crippen LogP) is 5.32. The Labute approximate surface area is 181 Å². The van der Waals surface area contributed by atoms with E-state index in [4.69, 9.17) is 0 Å². The predicted molar refractivity (Wildman–Crippen MR) is 118 cm³/mol. The van der Waals surface area contributed by atoms with Gasteiger partial charge in [0, 0.05) is 28.0 Å². The van der Waals surface area contributed by atoms with Crippen molar-refractivity contribution in [2.24, 2.45) is 5.92 Å². The lowest BCUT2D eigenvalue weighted by Gasteiger charge is -2.09. The molecule has 1 aromatic heterocycles. The number of benzene rings is 2. The van der Waals surface area contributed by atoms with Gasteiger partial charge in [-0.1, -0.05) is 70.0 Å². The number of nitrogens with zero attached hydrogens (tertiary/aromatic N) is 3. The molecule has 0 aliphatic heterocycles. The van der Waals surface area contributed by atoms with Crippen molar-refractivity contribution in [2.45, 2.75) is 26.9 Å². The van der Waals surface area contributed by atoms with Crippen molar-refractivity contribution in [2.75, 3.05) is 10.6 Å². The molecule has 146 valence electrons. The van der Waals surface area contributed by atoms with Crippen LogP contribution in [0.3, 0.4) is 0 Å². The van der Waals surface area contributed by atoms with Gasteiger partial charge in [-0.3, -0.25) is 4.79 Å². The second kappa shape index (κ2) is 9.34. The van der Waals surface area contributed by atoms with Crippen molar-refractivity contribution in [1.29, 1.82) is 0 Å². The number of carbonyl (C=O) groups is 1. The lowest BCUT2D eigenvalue weighted by Crippen LogP contribution is -2.21. The molecule has 3 aromatic rings. The summed E-state index contributed by atoms with van der Waals surface area (Å²) in [6, 6.07) is 16.0. The highest BCUT2D eigenvalue weighted by atomic mass is 79.9. The second-order valence-corrected chi connectivity index (χ2v) is 8.46. The zero-order chi connectivity index (χ0) is 20.1. The standard InChI is InChI=1S/C20H21Br2N5O/c1-13(2)18(28)27-20(24-12-15-6-4-8-17(22)10-15)25-19(26-27)23-11-14-5-3-7-16(21)9-14/h3-10,13H,11-12H2,1-2H3,(H2,23,24,25,26). The minimum Gasteiger partial charge on any atom is -0.350 e. The highest BCUT2D eigenvalue weighted by Gasteiger charge is 2.18. The van der Waals surface area contributed by atoms with E-state index >= 15 is 0 Å². The minimum atomic E-state index is -0.189. The van der Waals surface area contributed by atoms with Gasteiger partial charge in [0.15, 0.2) is 0 Å². The molecule has 6 nitrogen and oxygen atoms in total. The molecule has 0 saturated heterocycles. The number of rotatable bonds is 7. The topological polar surface area (TPSA) is 71.8 Å². The molecule has 2 aromatic carbocycles. The quantitative estimate of drug-likeness (QED) is 0.453. The summed E-state index contributed by atoms with van der Waals surface area (Å²) in [6.45, 7) is 4.78. The van der Waals surface area contributed by atoms with E-state index in [1.54, 1.807) is 0 Å². The van der Waals surface area contributed by atoms with Gasteiger partial charge < -0.3 is 10.6 Å². The summed E-state index contributed by atoms with van der Waals surface area (Å²) in [6.07, 6.45) is 0.